The van der Waals surface area contributed by atoms with Crippen molar-refractivity contribution in [3.63, 3.8) is 0 Å². The number of hydrogen-bond donors (Lipinski definition) is 1. The van der Waals surface area contributed by atoms with Crippen LogP contribution in [0.3, 0.4) is 0 Å². The summed E-state index contributed by atoms with van der Waals surface area (Å²) in [5, 5.41) is 7.57. The number of fused-ring (bicyclic) bond motifs is 1. The Morgan fingerprint density at radius 2 is 1.83 bits per heavy atom. The Morgan fingerprint density at radius 3 is 2.50 bits per heavy atom. The molecule has 3 aromatic rings. The van der Waals surface area contributed by atoms with E-state index in [0.717, 1.165) is 16.5 Å². The zero-order chi connectivity index (χ0) is 17.3. The number of aromatic amines is 1. The molecule has 0 atom stereocenters. The van der Waals surface area contributed by atoms with E-state index < -0.39 is 10.0 Å². The van der Waals surface area contributed by atoms with E-state index >= 15 is 0 Å². The second-order valence-electron chi connectivity index (χ2n) is 6.38. The minimum absolute atomic E-state index is 0.207. The highest BCUT2D eigenvalue weighted by molar-refractivity contribution is 7.92. The summed E-state index contributed by atoms with van der Waals surface area (Å²) in [5.74, 6) is 0.207. The van der Waals surface area contributed by atoms with Gasteiger partial charge >= 0.3 is 0 Å². The molecule has 6 heteroatoms. The van der Waals surface area contributed by atoms with Gasteiger partial charge in [0.15, 0.2) is 0 Å². The Kier molecular flexibility index (Phi) is 4.32. The highest BCUT2D eigenvalue weighted by Crippen LogP contribution is 2.27. The first-order chi connectivity index (χ1) is 11.4. The first kappa shape index (κ1) is 16.5. The van der Waals surface area contributed by atoms with E-state index in [1.54, 1.807) is 24.4 Å². The van der Waals surface area contributed by atoms with Gasteiger partial charge in [-0.25, -0.2) is 8.42 Å². The topological polar surface area (TPSA) is 66.1 Å². The van der Waals surface area contributed by atoms with E-state index in [4.69, 9.17) is 0 Å². The predicted molar refractivity (Wildman–Crippen MR) is 96.6 cm³/mol. The van der Waals surface area contributed by atoms with Crippen molar-refractivity contribution in [2.75, 3.05) is 10.8 Å². The number of aromatic nitrogens is 2. The lowest BCUT2D eigenvalue weighted by Crippen LogP contribution is -2.34. The number of sulfonamides is 1. The van der Waals surface area contributed by atoms with E-state index in [0.29, 0.717) is 12.2 Å². The Labute approximate surface area is 142 Å². The molecule has 1 heterocycles. The van der Waals surface area contributed by atoms with E-state index in [-0.39, 0.29) is 10.8 Å². The van der Waals surface area contributed by atoms with Crippen molar-refractivity contribution in [3.8, 4) is 0 Å². The minimum atomic E-state index is -3.64. The Morgan fingerprint density at radius 1 is 1.12 bits per heavy atom. The number of nitrogens with one attached hydrogen (secondary N) is 1. The minimum Gasteiger partial charge on any atom is -0.278 e. The van der Waals surface area contributed by atoms with Gasteiger partial charge in [0, 0.05) is 11.9 Å². The lowest BCUT2D eigenvalue weighted by atomic mass is 10.2. The maximum atomic E-state index is 13.2. The number of anilines is 1. The molecule has 5 nitrogen and oxygen atoms in total. The summed E-state index contributed by atoms with van der Waals surface area (Å²) in [6, 6.07) is 12.6. The summed E-state index contributed by atoms with van der Waals surface area (Å²) in [7, 11) is -3.64. The van der Waals surface area contributed by atoms with Crippen LogP contribution in [0.15, 0.2) is 53.6 Å². The van der Waals surface area contributed by atoms with Crippen LogP contribution in [-0.4, -0.2) is 25.2 Å². The number of hydrogen-bond acceptors (Lipinski definition) is 3. The highest BCUT2D eigenvalue weighted by atomic mass is 32.2. The lowest BCUT2D eigenvalue weighted by molar-refractivity contribution is 0.578. The lowest BCUT2D eigenvalue weighted by Gasteiger charge is -2.26. The molecule has 0 aliphatic heterocycles. The molecule has 0 amide bonds. The highest BCUT2D eigenvalue weighted by Gasteiger charge is 2.26. The molecule has 0 fully saturated rings. The third-order valence-corrected chi connectivity index (χ3v) is 5.64. The first-order valence-corrected chi connectivity index (χ1v) is 9.34. The average Bonchev–Trinajstić information content (AvgIpc) is 3.01. The van der Waals surface area contributed by atoms with Gasteiger partial charge in [-0.2, -0.15) is 5.10 Å². The number of aryl methyl sites for hydroxylation is 1. The van der Waals surface area contributed by atoms with Crippen LogP contribution in [0.1, 0.15) is 19.4 Å². The van der Waals surface area contributed by atoms with Crippen LogP contribution < -0.4 is 4.31 Å². The zero-order valence-corrected chi connectivity index (χ0v) is 14.8. The molecule has 0 spiro atoms. The smallest absolute Gasteiger partial charge is 0.264 e. The van der Waals surface area contributed by atoms with Crippen LogP contribution in [-0.2, 0) is 10.0 Å². The van der Waals surface area contributed by atoms with E-state index in [2.05, 4.69) is 10.2 Å². The van der Waals surface area contributed by atoms with Gasteiger partial charge in [-0.1, -0.05) is 31.5 Å². The van der Waals surface area contributed by atoms with Gasteiger partial charge in [-0.3, -0.25) is 9.40 Å². The quantitative estimate of drug-likeness (QED) is 0.768. The van der Waals surface area contributed by atoms with Gasteiger partial charge in [0.1, 0.15) is 0 Å². The van der Waals surface area contributed by atoms with Crippen molar-refractivity contribution in [2.45, 2.75) is 25.7 Å². The molecule has 2 aromatic carbocycles. The molecule has 0 aliphatic carbocycles. The molecule has 1 N–H and O–H groups in total. The van der Waals surface area contributed by atoms with Gasteiger partial charge in [0.25, 0.3) is 10.0 Å². The molecule has 126 valence electrons. The Hall–Kier alpha value is -2.34. The molecule has 0 radical (unpaired) electrons. The largest absolute Gasteiger partial charge is 0.278 e. The van der Waals surface area contributed by atoms with E-state index in [1.807, 2.05) is 45.0 Å². The van der Waals surface area contributed by atoms with Crippen LogP contribution in [0.2, 0.25) is 0 Å². The standard InChI is InChI=1S/C18H21N3O2S/c1-13(2)12-21(16-6-4-14(3)5-7-16)24(22,23)17-8-9-18-15(10-17)11-19-20-18/h4-11,13H,12H2,1-3H3,(H,19,20). The summed E-state index contributed by atoms with van der Waals surface area (Å²) in [5.41, 5.74) is 2.60. The van der Waals surface area contributed by atoms with Crippen molar-refractivity contribution in [2.24, 2.45) is 5.92 Å². The SMILES string of the molecule is Cc1ccc(N(CC(C)C)S(=O)(=O)c2ccc3[nH]ncc3c2)cc1. The number of nitrogens with zero attached hydrogens (tertiary/aromatic N) is 2. The number of benzene rings is 2. The Balaban J connectivity index is 2.08. The van der Waals surface area contributed by atoms with Crippen molar-refractivity contribution >= 4 is 26.6 Å². The molecule has 0 bridgehead atoms. The summed E-state index contributed by atoms with van der Waals surface area (Å²) in [6.07, 6.45) is 1.63. The number of H-pyrrole nitrogens is 1. The fraction of sp³-hybridized carbons (Fsp3) is 0.278. The van der Waals surface area contributed by atoms with Gasteiger partial charge in [0.05, 0.1) is 22.3 Å². The zero-order valence-electron chi connectivity index (χ0n) is 14.0. The molecule has 0 saturated heterocycles. The molecule has 0 unspecified atom stereocenters. The molecule has 0 aliphatic rings. The van der Waals surface area contributed by atoms with E-state index in [9.17, 15) is 8.42 Å². The van der Waals surface area contributed by atoms with Crippen LogP contribution >= 0.6 is 0 Å². The monoisotopic (exact) mass is 343 g/mol. The molecular weight excluding hydrogens is 322 g/mol. The van der Waals surface area contributed by atoms with Crippen LogP contribution in [0.4, 0.5) is 5.69 Å². The van der Waals surface area contributed by atoms with Crippen molar-refractivity contribution in [1.29, 1.82) is 0 Å². The fourth-order valence-electron chi connectivity index (χ4n) is 2.59. The van der Waals surface area contributed by atoms with Gasteiger partial charge in [-0.15, -0.1) is 0 Å². The third kappa shape index (κ3) is 3.14. The summed E-state index contributed by atoms with van der Waals surface area (Å²) in [6.45, 7) is 6.43. The maximum Gasteiger partial charge on any atom is 0.264 e. The molecular formula is C18H21N3O2S. The average molecular weight is 343 g/mol. The molecule has 24 heavy (non-hydrogen) atoms. The third-order valence-electron chi connectivity index (χ3n) is 3.85. The van der Waals surface area contributed by atoms with Crippen LogP contribution in [0, 0.1) is 12.8 Å². The van der Waals surface area contributed by atoms with Crippen LogP contribution in [0.5, 0.6) is 0 Å². The molecule has 0 saturated carbocycles. The van der Waals surface area contributed by atoms with Crippen molar-refractivity contribution < 1.29 is 8.42 Å². The maximum absolute atomic E-state index is 13.2. The molecule has 3 rings (SSSR count). The van der Waals surface area contributed by atoms with E-state index in [1.165, 1.54) is 4.31 Å². The van der Waals surface area contributed by atoms with Gasteiger partial charge in [-0.05, 0) is 43.2 Å². The predicted octanol–water partition coefficient (Wildman–Crippen LogP) is 3.72. The summed E-state index contributed by atoms with van der Waals surface area (Å²) >= 11 is 0. The summed E-state index contributed by atoms with van der Waals surface area (Å²) in [4.78, 5) is 0.276. The van der Waals surface area contributed by atoms with Crippen molar-refractivity contribution in [3.05, 3.63) is 54.2 Å². The summed E-state index contributed by atoms with van der Waals surface area (Å²) < 4.78 is 27.9. The number of rotatable bonds is 5. The van der Waals surface area contributed by atoms with Crippen molar-refractivity contribution in [1.82, 2.24) is 10.2 Å². The van der Waals surface area contributed by atoms with Crippen LogP contribution in [0.25, 0.3) is 10.9 Å². The van der Waals surface area contributed by atoms with Gasteiger partial charge < -0.3 is 0 Å². The normalized spacial score (nSPS) is 12.0. The fourth-order valence-corrected chi connectivity index (χ4v) is 4.26. The second kappa shape index (κ2) is 6.28. The Bertz CT molecular complexity index is 944. The molecule has 1 aromatic heterocycles. The second-order valence-corrected chi connectivity index (χ2v) is 8.25. The van der Waals surface area contributed by atoms with Gasteiger partial charge in [0.2, 0.25) is 0 Å². The first-order valence-electron chi connectivity index (χ1n) is 7.90.